The number of hydrogen-bond donors (Lipinski definition) is 1. The maximum absolute atomic E-state index is 12.8. The van der Waals surface area contributed by atoms with E-state index >= 15 is 0 Å². The van der Waals surface area contributed by atoms with Crippen molar-refractivity contribution in [3.63, 3.8) is 0 Å². The summed E-state index contributed by atoms with van der Waals surface area (Å²) in [6, 6.07) is 24.4. The minimum absolute atomic E-state index is 0.127. The number of hydrogen-bond acceptors (Lipinski definition) is 6. The molecule has 6 heteroatoms. The molecule has 0 aliphatic heterocycles. The van der Waals surface area contributed by atoms with E-state index in [1.807, 2.05) is 54.6 Å². The van der Waals surface area contributed by atoms with Crippen LogP contribution in [-0.2, 0) is 6.61 Å². The van der Waals surface area contributed by atoms with Crippen LogP contribution < -0.4 is 15.1 Å². The fourth-order valence-corrected chi connectivity index (χ4v) is 4.62. The second-order valence-corrected chi connectivity index (χ2v) is 9.10. The molecule has 5 nitrogen and oxygen atoms in total. The summed E-state index contributed by atoms with van der Waals surface area (Å²) in [6.07, 6.45) is 0. The van der Waals surface area contributed by atoms with Crippen LogP contribution in [0.25, 0.3) is 11.3 Å². The average Bonchev–Trinajstić information content (AvgIpc) is 2.85. The summed E-state index contributed by atoms with van der Waals surface area (Å²) in [5.41, 5.74) is 2.14. The first-order valence-electron chi connectivity index (χ1n) is 10.9. The topological polar surface area (TPSA) is 68.9 Å². The lowest BCUT2D eigenvalue weighted by molar-refractivity contribution is 0.284. The Morgan fingerprint density at radius 2 is 1.68 bits per heavy atom. The standard InChI is InChI=1S/C28H26O5S/c1-18(2)21-11-7-8-12-26(21)34-27-22(29)16-24(33-28(27)30)20-13-14-23(25(15-20)31-3)32-17-19-9-5-4-6-10-19/h4-16,18,29H,17H2,1-3H3. The molecule has 1 heterocycles. The Bertz CT molecular complexity index is 1330. The molecule has 0 saturated carbocycles. The number of rotatable bonds is 8. The van der Waals surface area contributed by atoms with Crippen molar-refractivity contribution in [2.45, 2.75) is 36.2 Å². The maximum Gasteiger partial charge on any atom is 0.354 e. The molecule has 1 N–H and O–H groups in total. The highest BCUT2D eigenvalue weighted by atomic mass is 32.2. The largest absolute Gasteiger partial charge is 0.506 e. The maximum atomic E-state index is 12.8. The van der Waals surface area contributed by atoms with Crippen LogP contribution in [-0.4, -0.2) is 12.2 Å². The highest BCUT2D eigenvalue weighted by molar-refractivity contribution is 7.99. The zero-order valence-corrected chi connectivity index (χ0v) is 20.1. The highest BCUT2D eigenvalue weighted by Crippen LogP contribution is 2.39. The molecule has 0 atom stereocenters. The lowest BCUT2D eigenvalue weighted by Gasteiger charge is -2.13. The Balaban J connectivity index is 1.59. The fourth-order valence-electron chi connectivity index (χ4n) is 3.54. The van der Waals surface area contributed by atoms with Gasteiger partial charge in [0.2, 0.25) is 0 Å². The van der Waals surface area contributed by atoms with Crippen molar-refractivity contribution in [3.05, 3.63) is 100 Å². The second-order valence-electron chi connectivity index (χ2n) is 8.05. The van der Waals surface area contributed by atoms with Crippen LogP contribution in [0.4, 0.5) is 0 Å². The lowest BCUT2D eigenvalue weighted by Crippen LogP contribution is -2.04. The highest BCUT2D eigenvalue weighted by Gasteiger charge is 2.17. The predicted molar refractivity (Wildman–Crippen MR) is 134 cm³/mol. The van der Waals surface area contributed by atoms with Gasteiger partial charge in [0, 0.05) is 16.5 Å². The van der Waals surface area contributed by atoms with Crippen molar-refractivity contribution < 1.29 is 19.0 Å². The van der Waals surface area contributed by atoms with Crippen molar-refractivity contribution in [3.8, 4) is 28.6 Å². The smallest absolute Gasteiger partial charge is 0.354 e. The molecule has 174 valence electrons. The van der Waals surface area contributed by atoms with Crippen molar-refractivity contribution in [2.24, 2.45) is 0 Å². The first kappa shape index (κ1) is 23.5. The fraction of sp³-hybridized carbons (Fsp3) is 0.179. The molecular formula is C28H26O5S. The quantitative estimate of drug-likeness (QED) is 0.300. The molecule has 0 spiro atoms. The number of benzene rings is 3. The molecule has 0 saturated heterocycles. The number of methoxy groups -OCH3 is 1. The zero-order chi connectivity index (χ0) is 24.1. The molecule has 0 amide bonds. The van der Waals surface area contributed by atoms with Crippen LogP contribution in [0.15, 0.2) is 97.9 Å². The first-order chi connectivity index (χ1) is 16.5. The van der Waals surface area contributed by atoms with Gasteiger partial charge in [0.25, 0.3) is 0 Å². The molecular weight excluding hydrogens is 448 g/mol. The van der Waals surface area contributed by atoms with Crippen molar-refractivity contribution in [2.75, 3.05) is 7.11 Å². The molecule has 0 aliphatic carbocycles. The van der Waals surface area contributed by atoms with Gasteiger partial charge in [-0.15, -0.1) is 0 Å². The number of aromatic hydroxyl groups is 1. The van der Waals surface area contributed by atoms with Gasteiger partial charge < -0.3 is 19.0 Å². The Labute approximate surface area is 203 Å². The van der Waals surface area contributed by atoms with Gasteiger partial charge in [-0.05, 0) is 41.3 Å². The third kappa shape index (κ3) is 5.29. The van der Waals surface area contributed by atoms with E-state index in [4.69, 9.17) is 13.9 Å². The van der Waals surface area contributed by atoms with Gasteiger partial charge in [-0.2, -0.15) is 0 Å². The zero-order valence-electron chi connectivity index (χ0n) is 19.3. The van der Waals surface area contributed by atoms with Crippen LogP contribution in [0.3, 0.4) is 0 Å². The normalized spacial score (nSPS) is 10.9. The Hall–Kier alpha value is -3.64. The summed E-state index contributed by atoms with van der Waals surface area (Å²) >= 11 is 1.21. The summed E-state index contributed by atoms with van der Waals surface area (Å²) in [6.45, 7) is 4.58. The van der Waals surface area contributed by atoms with E-state index in [1.54, 1.807) is 25.3 Å². The molecule has 3 aromatic carbocycles. The Morgan fingerprint density at radius 1 is 0.941 bits per heavy atom. The number of ether oxygens (including phenoxy) is 2. The van der Waals surface area contributed by atoms with Crippen LogP contribution in [0.2, 0.25) is 0 Å². The lowest BCUT2D eigenvalue weighted by atomic mass is 10.0. The summed E-state index contributed by atoms with van der Waals surface area (Å²) in [5.74, 6) is 1.47. The molecule has 4 rings (SSSR count). The summed E-state index contributed by atoms with van der Waals surface area (Å²) < 4.78 is 17.0. The Morgan fingerprint density at radius 3 is 2.38 bits per heavy atom. The molecule has 1 aromatic heterocycles. The molecule has 0 unspecified atom stereocenters. The van der Waals surface area contributed by atoms with Gasteiger partial charge >= 0.3 is 5.63 Å². The van der Waals surface area contributed by atoms with Gasteiger partial charge in [-0.1, -0.05) is 74.1 Å². The second kappa shape index (κ2) is 10.5. The van der Waals surface area contributed by atoms with Crippen LogP contribution >= 0.6 is 11.8 Å². The minimum atomic E-state index is -0.595. The van der Waals surface area contributed by atoms with Crippen LogP contribution in [0, 0.1) is 0 Å². The van der Waals surface area contributed by atoms with Crippen molar-refractivity contribution in [1.29, 1.82) is 0 Å². The van der Waals surface area contributed by atoms with Gasteiger partial charge in [0.1, 0.15) is 23.0 Å². The van der Waals surface area contributed by atoms with E-state index in [9.17, 15) is 9.90 Å². The van der Waals surface area contributed by atoms with E-state index < -0.39 is 5.63 Å². The van der Waals surface area contributed by atoms with Crippen LogP contribution in [0.1, 0.15) is 30.9 Å². The van der Waals surface area contributed by atoms with Crippen molar-refractivity contribution >= 4 is 11.8 Å². The Kier molecular flexibility index (Phi) is 7.28. The van der Waals surface area contributed by atoms with E-state index in [-0.39, 0.29) is 22.3 Å². The third-order valence-corrected chi connectivity index (χ3v) is 6.50. The first-order valence-corrected chi connectivity index (χ1v) is 11.8. The SMILES string of the molecule is COc1cc(-c2cc(O)c(Sc3ccccc3C(C)C)c(=O)o2)ccc1OCc1ccccc1. The van der Waals surface area contributed by atoms with Gasteiger partial charge in [0.05, 0.1) is 7.11 Å². The van der Waals surface area contributed by atoms with Gasteiger partial charge in [0.15, 0.2) is 11.5 Å². The van der Waals surface area contributed by atoms with E-state index in [0.717, 1.165) is 16.0 Å². The third-order valence-electron chi connectivity index (χ3n) is 5.33. The summed E-state index contributed by atoms with van der Waals surface area (Å²) in [7, 11) is 1.55. The molecule has 0 radical (unpaired) electrons. The summed E-state index contributed by atoms with van der Waals surface area (Å²) in [5, 5.41) is 10.7. The van der Waals surface area contributed by atoms with E-state index in [1.165, 1.54) is 17.8 Å². The molecule has 0 aliphatic rings. The molecule has 4 aromatic rings. The average molecular weight is 475 g/mol. The van der Waals surface area contributed by atoms with Gasteiger partial charge in [-0.25, -0.2) is 4.79 Å². The molecule has 34 heavy (non-hydrogen) atoms. The predicted octanol–water partition coefficient (Wildman–Crippen LogP) is 6.87. The molecule has 0 bridgehead atoms. The minimum Gasteiger partial charge on any atom is -0.506 e. The van der Waals surface area contributed by atoms with Gasteiger partial charge in [-0.3, -0.25) is 0 Å². The van der Waals surface area contributed by atoms with Crippen molar-refractivity contribution in [1.82, 2.24) is 0 Å². The van der Waals surface area contributed by atoms with E-state index in [0.29, 0.717) is 23.7 Å². The summed E-state index contributed by atoms with van der Waals surface area (Å²) in [4.78, 5) is 13.9. The van der Waals surface area contributed by atoms with Crippen LogP contribution in [0.5, 0.6) is 17.2 Å². The monoisotopic (exact) mass is 474 g/mol. The molecule has 0 fully saturated rings. The van der Waals surface area contributed by atoms with E-state index in [2.05, 4.69) is 13.8 Å².